The van der Waals surface area contributed by atoms with Gasteiger partial charge in [0.1, 0.15) is 5.82 Å². The van der Waals surface area contributed by atoms with Gasteiger partial charge in [-0.25, -0.2) is 4.39 Å². The molecule has 0 amide bonds. The van der Waals surface area contributed by atoms with Crippen molar-refractivity contribution in [2.24, 2.45) is 5.84 Å². The van der Waals surface area contributed by atoms with E-state index in [1.165, 1.54) is 11.6 Å². The SMILES string of the molecule is NNC(CCCc1ccccc1)Cc1ccc(Cl)cc1F. The summed E-state index contributed by atoms with van der Waals surface area (Å²) in [5.41, 5.74) is 4.73. The lowest BCUT2D eigenvalue weighted by Gasteiger charge is -2.16. The Morgan fingerprint density at radius 1 is 1.14 bits per heavy atom. The van der Waals surface area contributed by atoms with Gasteiger partial charge in [-0.2, -0.15) is 0 Å². The lowest BCUT2D eigenvalue weighted by Crippen LogP contribution is -2.37. The van der Waals surface area contributed by atoms with Crippen LogP contribution in [0.3, 0.4) is 0 Å². The highest BCUT2D eigenvalue weighted by Crippen LogP contribution is 2.17. The van der Waals surface area contributed by atoms with E-state index in [9.17, 15) is 4.39 Å². The third-order valence-electron chi connectivity index (χ3n) is 3.58. The average Bonchev–Trinajstić information content (AvgIpc) is 2.49. The molecule has 0 spiro atoms. The van der Waals surface area contributed by atoms with Crippen molar-refractivity contribution in [2.45, 2.75) is 31.7 Å². The van der Waals surface area contributed by atoms with Crippen molar-refractivity contribution in [3.8, 4) is 0 Å². The number of hydrogen-bond acceptors (Lipinski definition) is 2. The Balaban J connectivity index is 1.85. The average molecular weight is 307 g/mol. The maximum absolute atomic E-state index is 13.8. The highest BCUT2D eigenvalue weighted by molar-refractivity contribution is 6.30. The second-order valence-electron chi connectivity index (χ2n) is 5.18. The standard InChI is InChI=1S/C17H20ClFN2/c18-15-10-9-14(17(19)12-15)11-16(21-20)8-4-7-13-5-2-1-3-6-13/h1-3,5-6,9-10,12,16,21H,4,7-8,11,20H2. The first-order valence-electron chi connectivity index (χ1n) is 7.13. The molecule has 2 aromatic carbocycles. The van der Waals surface area contributed by atoms with Crippen LogP contribution in [-0.2, 0) is 12.8 Å². The lowest BCUT2D eigenvalue weighted by atomic mass is 9.99. The first-order chi connectivity index (χ1) is 10.2. The molecule has 0 aliphatic carbocycles. The van der Waals surface area contributed by atoms with Crippen molar-refractivity contribution >= 4 is 11.6 Å². The van der Waals surface area contributed by atoms with Crippen molar-refractivity contribution in [2.75, 3.05) is 0 Å². The zero-order valence-corrected chi connectivity index (χ0v) is 12.6. The minimum atomic E-state index is -0.272. The van der Waals surface area contributed by atoms with Crippen LogP contribution in [-0.4, -0.2) is 6.04 Å². The first-order valence-corrected chi connectivity index (χ1v) is 7.51. The maximum atomic E-state index is 13.8. The van der Waals surface area contributed by atoms with Crippen molar-refractivity contribution < 1.29 is 4.39 Å². The summed E-state index contributed by atoms with van der Waals surface area (Å²) >= 11 is 5.76. The van der Waals surface area contributed by atoms with E-state index >= 15 is 0 Å². The van der Waals surface area contributed by atoms with Crippen molar-refractivity contribution in [1.82, 2.24) is 5.43 Å². The summed E-state index contributed by atoms with van der Waals surface area (Å²) in [6, 6.07) is 15.1. The smallest absolute Gasteiger partial charge is 0.127 e. The molecule has 3 N–H and O–H groups in total. The zero-order chi connectivity index (χ0) is 15.1. The number of hydrazine groups is 1. The van der Waals surface area contributed by atoms with Crippen LogP contribution in [0.2, 0.25) is 5.02 Å². The predicted octanol–water partition coefficient (Wildman–Crippen LogP) is 3.88. The molecule has 0 aromatic heterocycles. The fourth-order valence-corrected chi connectivity index (χ4v) is 2.55. The van der Waals surface area contributed by atoms with E-state index in [1.54, 1.807) is 12.1 Å². The molecule has 4 heteroatoms. The Labute approximate surface area is 130 Å². The summed E-state index contributed by atoms with van der Waals surface area (Å²) in [5.74, 6) is 5.31. The molecule has 0 aliphatic rings. The van der Waals surface area contributed by atoms with Gasteiger partial charge in [-0.1, -0.05) is 48.0 Å². The third kappa shape index (κ3) is 5.12. The highest BCUT2D eigenvalue weighted by atomic mass is 35.5. The second kappa shape index (κ2) is 8.13. The summed E-state index contributed by atoms with van der Waals surface area (Å²) in [5, 5.41) is 0.414. The van der Waals surface area contributed by atoms with Crippen molar-refractivity contribution in [3.05, 3.63) is 70.5 Å². The molecule has 21 heavy (non-hydrogen) atoms. The van der Waals surface area contributed by atoms with Gasteiger partial charge in [-0.3, -0.25) is 11.3 Å². The van der Waals surface area contributed by atoms with E-state index < -0.39 is 0 Å². The van der Waals surface area contributed by atoms with Gasteiger partial charge in [-0.05, 0) is 48.9 Å². The molecule has 0 aliphatic heterocycles. The van der Waals surface area contributed by atoms with Gasteiger partial charge in [0.25, 0.3) is 0 Å². The van der Waals surface area contributed by atoms with Crippen molar-refractivity contribution in [1.29, 1.82) is 0 Å². The molecule has 0 fully saturated rings. The van der Waals surface area contributed by atoms with Crippen LogP contribution in [0.15, 0.2) is 48.5 Å². The largest absolute Gasteiger partial charge is 0.271 e. The summed E-state index contributed by atoms with van der Waals surface area (Å²) in [6.07, 6.45) is 3.47. The molecule has 0 saturated carbocycles. The Kier molecular flexibility index (Phi) is 6.18. The second-order valence-corrected chi connectivity index (χ2v) is 5.62. The molecule has 2 aromatic rings. The molecule has 112 valence electrons. The number of rotatable bonds is 7. The van der Waals surface area contributed by atoms with E-state index in [0.29, 0.717) is 17.0 Å². The van der Waals surface area contributed by atoms with Gasteiger partial charge in [-0.15, -0.1) is 0 Å². The molecular weight excluding hydrogens is 287 g/mol. The van der Waals surface area contributed by atoms with Gasteiger partial charge >= 0.3 is 0 Å². The van der Waals surface area contributed by atoms with Crippen molar-refractivity contribution in [3.63, 3.8) is 0 Å². The van der Waals surface area contributed by atoms with Crippen LogP contribution in [0.5, 0.6) is 0 Å². The summed E-state index contributed by atoms with van der Waals surface area (Å²) in [4.78, 5) is 0. The van der Waals surface area contributed by atoms with E-state index in [2.05, 4.69) is 17.6 Å². The monoisotopic (exact) mass is 306 g/mol. The fraction of sp³-hybridized carbons (Fsp3) is 0.294. The summed E-state index contributed by atoms with van der Waals surface area (Å²) in [7, 11) is 0. The molecule has 2 rings (SSSR count). The van der Waals surface area contributed by atoms with Gasteiger partial charge in [0.15, 0.2) is 0 Å². The molecule has 0 saturated heterocycles. The van der Waals surface area contributed by atoms with E-state index in [1.807, 2.05) is 18.2 Å². The molecule has 0 heterocycles. The van der Waals surface area contributed by atoms with Gasteiger partial charge in [0, 0.05) is 11.1 Å². The van der Waals surface area contributed by atoms with Crippen LogP contribution in [0.1, 0.15) is 24.0 Å². The summed E-state index contributed by atoms with van der Waals surface area (Å²) in [6.45, 7) is 0. The number of benzene rings is 2. The minimum Gasteiger partial charge on any atom is -0.271 e. The molecule has 1 unspecified atom stereocenters. The normalized spacial score (nSPS) is 12.3. The molecule has 0 radical (unpaired) electrons. The maximum Gasteiger partial charge on any atom is 0.127 e. The Morgan fingerprint density at radius 3 is 2.57 bits per heavy atom. The highest BCUT2D eigenvalue weighted by Gasteiger charge is 2.11. The Bertz CT molecular complexity index is 560. The van der Waals surface area contributed by atoms with E-state index in [-0.39, 0.29) is 11.9 Å². The van der Waals surface area contributed by atoms with Crippen LogP contribution in [0, 0.1) is 5.82 Å². The lowest BCUT2D eigenvalue weighted by molar-refractivity contribution is 0.467. The van der Waals surface area contributed by atoms with Crippen LogP contribution >= 0.6 is 11.6 Å². The zero-order valence-electron chi connectivity index (χ0n) is 11.9. The van der Waals surface area contributed by atoms with Gasteiger partial charge in [0.05, 0.1) is 0 Å². The number of nitrogens with two attached hydrogens (primary N) is 1. The summed E-state index contributed by atoms with van der Waals surface area (Å²) < 4.78 is 13.8. The molecule has 2 nitrogen and oxygen atoms in total. The van der Waals surface area contributed by atoms with Crippen LogP contribution < -0.4 is 11.3 Å². The Morgan fingerprint density at radius 2 is 1.90 bits per heavy atom. The van der Waals surface area contributed by atoms with E-state index in [4.69, 9.17) is 17.4 Å². The van der Waals surface area contributed by atoms with Gasteiger partial charge < -0.3 is 0 Å². The van der Waals surface area contributed by atoms with Gasteiger partial charge in [0.2, 0.25) is 0 Å². The predicted molar refractivity (Wildman–Crippen MR) is 85.6 cm³/mol. The Hall–Kier alpha value is -1.42. The first kappa shape index (κ1) is 16.0. The molecule has 1 atom stereocenters. The number of nitrogens with one attached hydrogen (secondary N) is 1. The molecule has 0 bridgehead atoms. The van der Waals surface area contributed by atoms with Crippen LogP contribution in [0.4, 0.5) is 4.39 Å². The van der Waals surface area contributed by atoms with E-state index in [0.717, 1.165) is 19.3 Å². The number of aryl methyl sites for hydroxylation is 1. The minimum absolute atomic E-state index is 0.0596. The topological polar surface area (TPSA) is 38.0 Å². The van der Waals surface area contributed by atoms with Crippen LogP contribution in [0.25, 0.3) is 0 Å². The number of halogens is 2. The quantitative estimate of drug-likeness (QED) is 0.602. The molecular formula is C17H20ClFN2. The number of hydrogen-bond donors (Lipinski definition) is 2. The fourth-order valence-electron chi connectivity index (χ4n) is 2.39. The third-order valence-corrected chi connectivity index (χ3v) is 3.81.